The van der Waals surface area contributed by atoms with Gasteiger partial charge in [-0.05, 0) is 42.3 Å². The van der Waals surface area contributed by atoms with E-state index in [1.54, 1.807) is 31.2 Å². The summed E-state index contributed by atoms with van der Waals surface area (Å²) < 4.78 is 10.9. The SMILES string of the molecule is CC.CCOc1cc(-c2cc(O)cc(OCC(=O)O)c2)ccc1-c1nc(NN)c(N)c(=O)[nH]1. The largest absolute Gasteiger partial charge is 0.508 e. The van der Waals surface area contributed by atoms with Crippen LogP contribution in [0.2, 0.25) is 0 Å². The highest BCUT2D eigenvalue weighted by molar-refractivity contribution is 5.76. The Bertz CT molecular complexity index is 1180. The highest BCUT2D eigenvalue weighted by Crippen LogP contribution is 2.35. The Kier molecular flexibility index (Phi) is 8.64. The Labute approximate surface area is 190 Å². The lowest BCUT2D eigenvalue weighted by Gasteiger charge is -2.14. The normalized spacial score (nSPS) is 10.1. The second-order valence-electron chi connectivity index (χ2n) is 6.36. The number of carbonyl (C=O) groups is 1. The van der Waals surface area contributed by atoms with Crippen LogP contribution in [0.1, 0.15) is 20.8 Å². The van der Waals surface area contributed by atoms with Gasteiger partial charge in [0.2, 0.25) is 0 Å². The number of nitrogens with two attached hydrogens (primary N) is 2. The van der Waals surface area contributed by atoms with Gasteiger partial charge in [-0.15, -0.1) is 0 Å². The van der Waals surface area contributed by atoms with Gasteiger partial charge in [-0.1, -0.05) is 19.9 Å². The van der Waals surface area contributed by atoms with E-state index in [9.17, 15) is 14.7 Å². The zero-order valence-electron chi connectivity index (χ0n) is 18.5. The second kappa shape index (κ2) is 11.4. The molecule has 0 saturated heterocycles. The fourth-order valence-corrected chi connectivity index (χ4v) is 2.87. The smallest absolute Gasteiger partial charge is 0.341 e. The van der Waals surface area contributed by atoms with Gasteiger partial charge in [-0.25, -0.2) is 15.6 Å². The fourth-order valence-electron chi connectivity index (χ4n) is 2.87. The van der Waals surface area contributed by atoms with Gasteiger partial charge in [0, 0.05) is 6.07 Å². The number of aromatic amines is 1. The van der Waals surface area contributed by atoms with Gasteiger partial charge >= 0.3 is 5.97 Å². The molecule has 0 amide bonds. The third kappa shape index (κ3) is 6.14. The van der Waals surface area contributed by atoms with Gasteiger partial charge in [-0.2, -0.15) is 0 Å². The number of phenolic OH excluding ortho intramolecular Hbond substituents is 1. The van der Waals surface area contributed by atoms with Crippen molar-refractivity contribution >= 4 is 17.5 Å². The highest BCUT2D eigenvalue weighted by atomic mass is 16.5. The molecule has 1 heterocycles. The van der Waals surface area contributed by atoms with Crippen LogP contribution in [0, 0.1) is 0 Å². The van der Waals surface area contributed by atoms with E-state index < -0.39 is 18.1 Å². The van der Waals surface area contributed by atoms with Crippen LogP contribution in [0.4, 0.5) is 11.5 Å². The maximum atomic E-state index is 12.1. The second-order valence-corrected chi connectivity index (χ2v) is 6.36. The molecule has 0 unspecified atom stereocenters. The van der Waals surface area contributed by atoms with E-state index in [0.29, 0.717) is 29.0 Å². The standard InChI is InChI=1S/C20H21N5O6.C2H6/c1-2-30-15-7-10(11-5-12(26)8-13(6-11)31-9-16(27)28)3-4-14(15)18-23-19(25-22)17(21)20(29)24-18;1-2/h3-8,26H,2,9,21-22H2,1H3,(H,27,28)(H2,23,24,25,29);1-2H3. The van der Waals surface area contributed by atoms with Crippen molar-refractivity contribution in [2.75, 3.05) is 24.4 Å². The third-order valence-corrected chi connectivity index (χ3v) is 4.22. The molecule has 1 aromatic heterocycles. The monoisotopic (exact) mass is 457 g/mol. The number of nitrogen functional groups attached to an aromatic ring is 2. The van der Waals surface area contributed by atoms with Crippen LogP contribution in [-0.4, -0.2) is 39.4 Å². The van der Waals surface area contributed by atoms with Crippen LogP contribution in [0.3, 0.4) is 0 Å². The molecular formula is C22H27N5O6. The predicted molar refractivity (Wildman–Crippen MR) is 125 cm³/mol. The average Bonchev–Trinajstić information content (AvgIpc) is 2.80. The molecule has 0 radical (unpaired) electrons. The summed E-state index contributed by atoms with van der Waals surface area (Å²) in [5.74, 6) is 4.99. The van der Waals surface area contributed by atoms with Crippen molar-refractivity contribution in [3.05, 3.63) is 46.8 Å². The van der Waals surface area contributed by atoms with E-state index >= 15 is 0 Å². The summed E-state index contributed by atoms with van der Waals surface area (Å²) in [6.07, 6.45) is 0. The lowest BCUT2D eigenvalue weighted by Crippen LogP contribution is -2.20. The highest BCUT2D eigenvalue weighted by Gasteiger charge is 2.15. The van der Waals surface area contributed by atoms with Gasteiger partial charge in [0.25, 0.3) is 5.56 Å². The number of aromatic nitrogens is 2. The number of carboxylic acids is 1. The first-order chi connectivity index (χ1) is 15.8. The molecule has 11 nitrogen and oxygen atoms in total. The molecule has 0 aliphatic heterocycles. The Morgan fingerprint density at radius 3 is 2.52 bits per heavy atom. The molecular weight excluding hydrogens is 430 g/mol. The maximum Gasteiger partial charge on any atom is 0.341 e. The molecule has 0 bridgehead atoms. The molecule has 0 atom stereocenters. The maximum absolute atomic E-state index is 12.1. The van der Waals surface area contributed by atoms with Gasteiger partial charge in [0.1, 0.15) is 28.8 Å². The Morgan fingerprint density at radius 2 is 1.88 bits per heavy atom. The van der Waals surface area contributed by atoms with Crippen LogP contribution >= 0.6 is 0 Å². The van der Waals surface area contributed by atoms with E-state index in [1.807, 2.05) is 13.8 Å². The Hall–Kier alpha value is -4.25. The fraction of sp³-hybridized carbons (Fsp3) is 0.227. The number of hydrogen-bond donors (Lipinski definition) is 6. The zero-order valence-corrected chi connectivity index (χ0v) is 18.5. The molecule has 0 fully saturated rings. The third-order valence-electron chi connectivity index (χ3n) is 4.22. The number of anilines is 2. The van der Waals surface area contributed by atoms with Crippen molar-refractivity contribution in [1.29, 1.82) is 0 Å². The number of phenols is 1. The first-order valence-electron chi connectivity index (χ1n) is 10.1. The quantitative estimate of drug-likeness (QED) is 0.217. The van der Waals surface area contributed by atoms with Gasteiger partial charge in [0.15, 0.2) is 12.4 Å². The van der Waals surface area contributed by atoms with Crippen LogP contribution in [0.5, 0.6) is 17.2 Å². The van der Waals surface area contributed by atoms with Crippen molar-refractivity contribution < 1.29 is 24.5 Å². The number of aromatic hydroxyl groups is 1. The average molecular weight is 457 g/mol. The number of nitrogens with zero attached hydrogens (tertiary/aromatic N) is 1. The summed E-state index contributed by atoms with van der Waals surface area (Å²) in [6, 6.07) is 9.50. The van der Waals surface area contributed by atoms with Gasteiger partial charge in [0.05, 0.1) is 12.2 Å². The minimum absolute atomic E-state index is 0.0264. The number of ether oxygens (including phenoxy) is 2. The number of rotatable bonds is 8. The number of benzene rings is 2. The van der Waals surface area contributed by atoms with Crippen molar-refractivity contribution in [3.63, 3.8) is 0 Å². The van der Waals surface area contributed by atoms with E-state index in [2.05, 4.69) is 15.4 Å². The van der Waals surface area contributed by atoms with E-state index in [4.69, 9.17) is 26.2 Å². The summed E-state index contributed by atoms with van der Waals surface area (Å²) in [6.45, 7) is 5.60. The number of carboxylic acid groups (broad SMARTS) is 1. The number of nitrogens with one attached hydrogen (secondary N) is 2. The molecule has 176 valence electrons. The summed E-state index contributed by atoms with van der Waals surface area (Å²) in [4.78, 5) is 29.6. The minimum atomic E-state index is -1.13. The van der Waals surface area contributed by atoms with E-state index in [0.717, 1.165) is 0 Å². The van der Waals surface area contributed by atoms with Gasteiger partial charge in [-0.3, -0.25) is 4.79 Å². The Balaban J connectivity index is 0.00000187. The minimum Gasteiger partial charge on any atom is -0.508 e. The number of hydrogen-bond acceptors (Lipinski definition) is 9. The van der Waals surface area contributed by atoms with Crippen LogP contribution < -0.4 is 32.0 Å². The van der Waals surface area contributed by atoms with Crippen molar-refractivity contribution in [3.8, 4) is 39.8 Å². The van der Waals surface area contributed by atoms with Crippen LogP contribution in [-0.2, 0) is 4.79 Å². The summed E-state index contributed by atoms with van der Waals surface area (Å²) >= 11 is 0. The van der Waals surface area contributed by atoms with E-state index in [1.165, 1.54) is 12.1 Å². The molecule has 3 rings (SSSR count). The van der Waals surface area contributed by atoms with Crippen molar-refractivity contribution in [1.82, 2.24) is 9.97 Å². The van der Waals surface area contributed by atoms with E-state index in [-0.39, 0.29) is 28.8 Å². The summed E-state index contributed by atoms with van der Waals surface area (Å²) in [5.41, 5.74) is 8.95. The predicted octanol–water partition coefficient (Wildman–Crippen LogP) is 2.57. The molecule has 0 aliphatic carbocycles. The number of aliphatic carboxylic acids is 1. The Morgan fingerprint density at radius 1 is 1.15 bits per heavy atom. The van der Waals surface area contributed by atoms with Crippen LogP contribution in [0.25, 0.3) is 22.5 Å². The van der Waals surface area contributed by atoms with Crippen molar-refractivity contribution in [2.45, 2.75) is 20.8 Å². The molecule has 8 N–H and O–H groups in total. The molecule has 3 aromatic rings. The molecule has 33 heavy (non-hydrogen) atoms. The zero-order chi connectivity index (χ0) is 24.5. The molecule has 11 heteroatoms. The topological polar surface area (TPSA) is 186 Å². The molecule has 2 aromatic carbocycles. The summed E-state index contributed by atoms with van der Waals surface area (Å²) in [7, 11) is 0. The molecule has 0 spiro atoms. The lowest BCUT2D eigenvalue weighted by atomic mass is 10.0. The number of hydrazine groups is 1. The first kappa shape index (κ1) is 25.0. The van der Waals surface area contributed by atoms with Crippen molar-refractivity contribution in [2.24, 2.45) is 5.84 Å². The molecule has 0 aliphatic rings. The van der Waals surface area contributed by atoms with Crippen LogP contribution in [0.15, 0.2) is 41.2 Å². The lowest BCUT2D eigenvalue weighted by molar-refractivity contribution is -0.139. The molecule has 0 saturated carbocycles. The van der Waals surface area contributed by atoms with Gasteiger partial charge < -0.3 is 35.8 Å². The number of H-pyrrole nitrogens is 1. The first-order valence-corrected chi connectivity index (χ1v) is 10.1. The summed E-state index contributed by atoms with van der Waals surface area (Å²) in [5, 5.41) is 18.8.